The van der Waals surface area contributed by atoms with E-state index in [1.807, 2.05) is 4.90 Å². The number of amides is 2. The molecule has 5 nitrogen and oxygen atoms in total. The Morgan fingerprint density at radius 3 is 2.67 bits per heavy atom. The SMILES string of the molecule is COC1(CNC(=O)N2CCC3(CCNC3)C2)CCC(c2ccccc2)CC1. The van der Waals surface area contributed by atoms with Crippen LogP contribution in [0.5, 0.6) is 0 Å². The van der Waals surface area contributed by atoms with Gasteiger partial charge >= 0.3 is 6.03 Å². The van der Waals surface area contributed by atoms with E-state index >= 15 is 0 Å². The van der Waals surface area contributed by atoms with Crippen molar-refractivity contribution in [3.63, 3.8) is 0 Å². The maximum Gasteiger partial charge on any atom is 0.317 e. The maximum absolute atomic E-state index is 12.7. The number of nitrogens with one attached hydrogen (secondary N) is 2. The second-order valence-corrected chi connectivity index (χ2v) is 8.83. The summed E-state index contributed by atoms with van der Waals surface area (Å²) in [5.41, 5.74) is 1.54. The molecule has 0 radical (unpaired) electrons. The van der Waals surface area contributed by atoms with Crippen LogP contribution in [0, 0.1) is 5.41 Å². The molecule has 1 aromatic carbocycles. The van der Waals surface area contributed by atoms with Crippen LogP contribution in [0.15, 0.2) is 30.3 Å². The number of methoxy groups -OCH3 is 1. The minimum absolute atomic E-state index is 0.0837. The third-order valence-electron chi connectivity index (χ3n) is 7.22. The zero-order valence-electron chi connectivity index (χ0n) is 16.5. The number of carbonyl (C=O) groups excluding carboxylic acids is 1. The molecule has 4 rings (SSSR count). The highest BCUT2D eigenvalue weighted by Gasteiger charge is 2.42. The molecule has 3 aliphatic rings. The fourth-order valence-corrected chi connectivity index (χ4v) is 5.26. The Labute approximate surface area is 162 Å². The molecular formula is C22H33N3O2. The average molecular weight is 372 g/mol. The third-order valence-corrected chi connectivity index (χ3v) is 7.22. The van der Waals surface area contributed by atoms with Gasteiger partial charge in [0.15, 0.2) is 0 Å². The summed E-state index contributed by atoms with van der Waals surface area (Å²) in [4.78, 5) is 14.7. The molecule has 1 atom stereocenters. The maximum atomic E-state index is 12.7. The first kappa shape index (κ1) is 18.8. The minimum Gasteiger partial charge on any atom is -0.376 e. The predicted octanol–water partition coefficient (Wildman–Crippen LogP) is 3.12. The van der Waals surface area contributed by atoms with E-state index in [1.165, 1.54) is 12.0 Å². The van der Waals surface area contributed by atoms with Crippen molar-refractivity contribution >= 4 is 6.03 Å². The van der Waals surface area contributed by atoms with Crippen LogP contribution in [0.25, 0.3) is 0 Å². The number of hydrogen-bond donors (Lipinski definition) is 2. The first-order valence-corrected chi connectivity index (χ1v) is 10.5. The molecule has 2 amide bonds. The van der Waals surface area contributed by atoms with Crippen molar-refractivity contribution in [1.29, 1.82) is 0 Å². The van der Waals surface area contributed by atoms with Crippen molar-refractivity contribution in [2.75, 3.05) is 39.8 Å². The van der Waals surface area contributed by atoms with Crippen LogP contribution in [0.3, 0.4) is 0 Å². The fraction of sp³-hybridized carbons (Fsp3) is 0.682. The summed E-state index contributed by atoms with van der Waals surface area (Å²) in [6.45, 7) is 4.53. The molecule has 1 aliphatic carbocycles. The van der Waals surface area contributed by atoms with Gasteiger partial charge in [-0.1, -0.05) is 30.3 Å². The number of carbonyl (C=O) groups is 1. The Hall–Kier alpha value is -1.59. The number of nitrogens with zero attached hydrogens (tertiary/aromatic N) is 1. The number of rotatable bonds is 4. The van der Waals surface area contributed by atoms with Gasteiger partial charge in [0, 0.05) is 38.7 Å². The molecule has 2 aliphatic heterocycles. The van der Waals surface area contributed by atoms with E-state index in [1.54, 1.807) is 7.11 Å². The quantitative estimate of drug-likeness (QED) is 0.855. The molecule has 148 valence electrons. The Balaban J connectivity index is 1.29. The number of likely N-dealkylation sites (tertiary alicyclic amines) is 1. The minimum atomic E-state index is -0.215. The highest BCUT2D eigenvalue weighted by atomic mass is 16.5. The monoisotopic (exact) mass is 371 g/mol. The molecule has 2 heterocycles. The van der Waals surface area contributed by atoms with Gasteiger partial charge in [0.1, 0.15) is 0 Å². The normalized spacial score (nSPS) is 33.5. The molecule has 1 spiro atoms. The van der Waals surface area contributed by atoms with E-state index in [4.69, 9.17) is 4.74 Å². The van der Waals surface area contributed by atoms with Crippen LogP contribution >= 0.6 is 0 Å². The summed E-state index contributed by atoms with van der Waals surface area (Å²) in [5.74, 6) is 0.610. The largest absolute Gasteiger partial charge is 0.376 e. The zero-order valence-corrected chi connectivity index (χ0v) is 16.5. The van der Waals surface area contributed by atoms with Crippen molar-refractivity contribution in [3.05, 3.63) is 35.9 Å². The second-order valence-electron chi connectivity index (χ2n) is 8.83. The van der Waals surface area contributed by atoms with Gasteiger partial charge in [-0.05, 0) is 56.6 Å². The lowest BCUT2D eigenvalue weighted by atomic mass is 9.76. The molecule has 5 heteroatoms. The Kier molecular flexibility index (Phi) is 5.42. The fourth-order valence-electron chi connectivity index (χ4n) is 5.26. The van der Waals surface area contributed by atoms with Gasteiger partial charge in [-0.15, -0.1) is 0 Å². The van der Waals surface area contributed by atoms with E-state index in [0.29, 0.717) is 17.9 Å². The number of benzene rings is 1. The molecular weight excluding hydrogens is 338 g/mol. The van der Waals surface area contributed by atoms with E-state index in [-0.39, 0.29) is 11.6 Å². The Morgan fingerprint density at radius 2 is 2.00 bits per heavy atom. The van der Waals surface area contributed by atoms with Gasteiger partial charge in [-0.25, -0.2) is 4.79 Å². The van der Waals surface area contributed by atoms with Gasteiger partial charge in [-0.3, -0.25) is 0 Å². The average Bonchev–Trinajstić information content (AvgIpc) is 3.37. The van der Waals surface area contributed by atoms with Crippen molar-refractivity contribution in [3.8, 4) is 0 Å². The summed E-state index contributed by atoms with van der Waals surface area (Å²) in [6, 6.07) is 10.9. The van der Waals surface area contributed by atoms with E-state index in [2.05, 4.69) is 41.0 Å². The van der Waals surface area contributed by atoms with Crippen LogP contribution in [0.4, 0.5) is 4.79 Å². The second kappa shape index (κ2) is 7.80. The standard InChI is InChI=1S/C22H33N3O2/c1-27-22(9-7-19(8-10-22)18-5-3-2-4-6-18)16-24-20(26)25-14-12-21(17-25)11-13-23-15-21/h2-6,19,23H,7-17H2,1H3,(H,24,26). The summed E-state index contributed by atoms with van der Waals surface area (Å²) in [5, 5.41) is 6.64. The Bertz CT molecular complexity index is 634. The molecule has 2 saturated heterocycles. The van der Waals surface area contributed by atoms with Gasteiger partial charge in [0.2, 0.25) is 0 Å². The smallest absolute Gasteiger partial charge is 0.317 e. The molecule has 27 heavy (non-hydrogen) atoms. The van der Waals surface area contributed by atoms with E-state index < -0.39 is 0 Å². The Morgan fingerprint density at radius 1 is 1.22 bits per heavy atom. The summed E-state index contributed by atoms with van der Waals surface area (Å²) >= 11 is 0. The molecule has 1 aromatic rings. The van der Waals surface area contributed by atoms with Gasteiger partial charge in [-0.2, -0.15) is 0 Å². The zero-order chi connectivity index (χ0) is 18.7. The summed E-state index contributed by atoms with van der Waals surface area (Å²) in [7, 11) is 1.80. The lowest BCUT2D eigenvalue weighted by Gasteiger charge is -2.39. The highest BCUT2D eigenvalue weighted by molar-refractivity contribution is 5.74. The molecule has 0 aromatic heterocycles. The van der Waals surface area contributed by atoms with Gasteiger partial charge in [0.25, 0.3) is 0 Å². The van der Waals surface area contributed by atoms with Crippen molar-refractivity contribution in [2.45, 2.75) is 50.0 Å². The topological polar surface area (TPSA) is 53.6 Å². The lowest BCUT2D eigenvalue weighted by Crippen LogP contribution is -2.50. The third kappa shape index (κ3) is 3.99. The molecule has 1 unspecified atom stereocenters. The van der Waals surface area contributed by atoms with Crippen molar-refractivity contribution < 1.29 is 9.53 Å². The number of ether oxygens (including phenoxy) is 1. The van der Waals surface area contributed by atoms with Gasteiger partial charge < -0.3 is 20.3 Å². The van der Waals surface area contributed by atoms with Gasteiger partial charge in [0.05, 0.1) is 5.60 Å². The summed E-state index contributed by atoms with van der Waals surface area (Å²) < 4.78 is 5.93. The number of hydrogen-bond acceptors (Lipinski definition) is 3. The van der Waals surface area contributed by atoms with Crippen LogP contribution in [0.2, 0.25) is 0 Å². The molecule has 2 N–H and O–H groups in total. The summed E-state index contributed by atoms with van der Waals surface area (Å²) in [6.07, 6.45) is 6.55. The van der Waals surface area contributed by atoms with Crippen molar-refractivity contribution in [2.24, 2.45) is 5.41 Å². The first-order valence-electron chi connectivity index (χ1n) is 10.5. The van der Waals surface area contributed by atoms with Crippen LogP contribution in [-0.4, -0.2) is 56.4 Å². The van der Waals surface area contributed by atoms with Crippen LogP contribution in [0.1, 0.15) is 50.0 Å². The molecule has 0 bridgehead atoms. The van der Waals surface area contributed by atoms with Crippen LogP contribution in [-0.2, 0) is 4.74 Å². The molecule has 3 fully saturated rings. The number of urea groups is 1. The highest BCUT2D eigenvalue weighted by Crippen LogP contribution is 2.40. The van der Waals surface area contributed by atoms with E-state index in [0.717, 1.165) is 58.3 Å². The lowest BCUT2D eigenvalue weighted by molar-refractivity contribution is -0.0397. The molecule has 1 saturated carbocycles. The van der Waals surface area contributed by atoms with Crippen LogP contribution < -0.4 is 10.6 Å². The predicted molar refractivity (Wildman–Crippen MR) is 107 cm³/mol. The van der Waals surface area contributed by atoms with Crippen molar-refractivity contribution in [1.82, 2.24) is 15.5 Å². The van der Waals surface area contributed by atoms with E-state index in [9.17, 15) is 4.79 Å². The first-order chi connectivity index (χ1) is 13.1.